The standard InChI is InChI=1S/C9H18O2/c1-9(2,10-3)6-8-4-5-11-7-8/h8H,4-7H2,1-3H3. The third-order valence-corrected chi connectivity index (χ3v) is 2.36. The SMILES string of the molecule is COC(C)(C)CC1CCOC1. The molecule has 1 saturated heterocycles. The summed E-state index contributed by atoms with van der Waals surface area (Å²) in [6.45, 7) is 6.12. The summed E-state index contributed by atoms with van der Waals surface area (Å²) in [6, 6.07) is 0. The van der Waals surface area contributed by atoms with Gasteiger partial charge >= 0.3 is 0 Å². The summed E-state index contributed by atoms with van der Waals surface area (Å²) in [5.74, 6) is 0.713. The van der Waals surface area contributed by atoms with Crippen molar-refractivity contribution < 1.29 is 9.47 Å². The van der Waals surface area contributed by atoms with Gasteiger partial charge in [0.25, 0.3) is 0 Å². The van der Waals surface area contributed by atoms with E-state index in [1.165, 1.54) is 6.42 Å². The summed E-state index contributed by atoms with van der Waals surface area (Å²) in [5.41, 5.74) is 0.0262. The average molecular weight is 158 g/mol. The quantitative estimate of drug-likeness (QED) is 0.624. The van der Waals surface area contributed by atoms with Crippen molar-refractivity contribution >= 4 is 0 Å². The number of methoxy groups -OCH3 is 1. The first-order valence-electron chi connectivity index (χ1n) is 4.27. The molecule has 0 aromatic carbocycles. The molecule has 0 amide bonds. The maximum absolute atomic E-state index is 5.34. The van der Waals surface area contributed by atoms with Crippen LogP contribution in [0.2, 0.25) is 0 Å². The van der Waals surface area contributed by atoms with Crippen LogP contribution in [0.5, 0.6) is 0 Å². The maximum atomic E-state index is 5.34. The number of hydrogen-bond acceptors (Lipinski definition) is 2. The summed E-state index contributed by atoms with van der Waals surface area (Å²) >= 11 is 0. The van der Waals surface area contributed by atoms with E-state index in [-0.39, 0.29) is 5.60 Å². The van der Waals surface area contributed by atoms with Crippen molar-refractivity contribution in [3.63, 3.8) is 0 Å². The molecule has 1 heterocycles. The first-order valence-corrected chi connectivity index (χ1v) is 4.27. The van der Waals surface area contributed by atoms with E-state index in [0.29, 0.717) is 5.92 Å². The Labute approximate surface area is 68.9 Å². The molecule has 1 aliphatic rings. The van der Waals surface area contributed by atoms with Crippen LogP contribution in [0, 0.1) is 5.92 Å². The van der Waals surface area contributed by atoms with Crippen LogP contribution < -0.4 is 0 Å². The van der Waals surface area contributed by atoms with Crippen LogP contribution in [-0.2, 0) is 9.47 Å². The predicted molar refractivity (Wildman–Crippen MR) is 44.6 cm³/mol. The van der Waals surface area contributed by atoms with Crippen molar-refractivity contribution in [1.82, 2.24) is 0 Å². The Morgan fingerprint density at radius 1 is 1.55 bits per heavy atom. The van der Waals surface area contributed by atoms with Crippen LogP contribution in [0.3, 0.4) is 0 Å². The molecule has 2 heteroatoms. The molecule has 1 fully saturated rings. The van der Waals surface area contributed by atoms with Crippen LogP contribution in [0.25, 0.3) is 0 Å². The third-order valence-electron chi connectivity index (χ3n) is 2.36. The van der Waals surface area contributed by atoms with Crippen LogP contribution in [-0.4, -0.2) is 25.9 Å². The van der Waals surface area contributed by atoms with Crippen LogP contribution >= 0.6 is 0 Å². The molecule has 1 rings (SSSR count). The molecular formula is C9H18O2. The predicted octanol–water partition coefficient (Wildman–Crippen LogP) is 1.84. The van der Waals surface area contributed by atoms with Crippen molar-refractivity contribution in [3.05, 3.63) is 0 Å². The molecule has 0 saturated carbocycles. The Balaban J connectivity index is 2.28. The van der Waals surface area contributed by atoms with Crippen molar-refractivity contribution in [2.45, 2.75) is 32.3 Å². The van der Waals surface area contributed by atoms with Crippen molar-refractivity contribution in [2.75, 3.05) is 20.3 Å². The van der Waals surface area contributed by atoms with Gasteiger partial charge in [-0.3, -0.25) is 0 Å². The molecule has 1 aliphatic heterocycles. The molecular weight excluding hydrogens is 140 g/mol. The summed E-state index contributed by atoms with van der Waals surface area (Å²) in [7, 11) is 1.77. The zero-order chi connectivity index (χ0) is 8.32. The molecule has 0 aromatic rings. The van der Waals surface area contributed by atoms with Crippen molar-refractivity contribution in [3.8, 4) is 0 Å². The normalized spacial score (nSPS) is 25.9. The lowest BCUT2D eigenvalue weighted by Gasteiger charge is -2.25. The molecule has 11 heavy (non-hydrogen) atoms. The van der Waals surface area contributed by atoms with Gasteiger partial charge in [-0.2, -0.15) is 0 Å². The van der Waals surface area contributed by atoms with Gasteiger partial charge < -0.3 is 9.47 Å². The molecule has 1 atom stereocenters. The van der Waals surface area contributed by atoms with E-state index in [1.807, 2.05) is 0 Å². The minimum absolute atomic E-state index is 0.0262. The van der Waals surface area contributed by atoms with Gasteiger partial charge in [-0.1, -0.05) is 0 Å². The van der Waals surface area contributed by atoms with E-state index in [2.05, 4.69) is 13.8 Å². The summed E-state index contributed by atoms with van der Waals surface area (Å²) in [5, 5.41) is 0. The molecule has 0 bridgehead atoms. The topological polar surface area (TPSA) is 18.5 Å². The maximum Gasteiger partial charge on any atom is 0.0626 e. The summed E-state index contributed by atoms with van der Waals surface area (Å²) in [4.78, 5) is 0. The second-order valence-corrected chi connectivity index (χ2v) is 3.90. The van der Waals surface area contributed by atoms with Gasteiger partial charge in [0, 0.05) is 20.3 Å². The Morgan fingerprint density at radius 3 is 2.73 bits per heavy atom. The highest BCUT2D eigenvalue weighted by Gasteiger charge is 2.25. The Bertz CT molecular complexity index is 115. The lowest BCUT2D eigenvalue weighted by atomic mass is 9.93. The summed E-state index contributed by atoms with van der Waals surface area (Å²) in [6.07, 6.45) is 2.32. The first kappa shape index (κ1) is 9.01. The van der Waals surface area contributed by atoms with E-state index in [4.69, 9.17) is 9.47 Å². The number of hydrogen-bond donors (Lipinski definition) is 0. The highest BCUT2D eigenvalue weighted by atomic mass is 16.5. The smallest absolute Gasteiger partial charge is 0.0626 e. The second-order valence-electron chi connectivity index (χ2n) is 3.90. The van der Waals surface area contributed by atoms with Crippen LogP contribution in [0.15, 0.2) is 0 Å². The molecule has 66 valence electrons. The highest BCUT2D eigenvalue weighted by molar-refractivity contribution is 4.75. The fraction of sp³-hybridized carbons (Fsp3) is 1.00. The molecule has 0 radical (unpaired) electrons. The van der Waals surface area contributed by atoms with E-state index in [0.717, 1.165) is 19.6 Å². The number of rotatable bonds is 3. The van der Waals surface area contributed by atoms with E-state index in [9.17, 15) is 0 Å². The highest BCUT2D eigenvalue weighted by Crippen LogP contribution is 2.25. The average Bonchev–Trinajstić information content (AvgIpc) is 2.39. The van der Waals surface area contributed by atoms with Gasteiger partial charge in [0.2, 0.25) is 0 Å². The number of ether oxygens (including phenoxy) is 2. The molecule has 0 aromatic heterocycles. The Kier molecular flexibility index (Phi) is 2.90. The first-order chi connectivity index (χ1) is 5.14. The van der Waals surface area contributed by atoms with Gasteiger partial charge in [-0.05, 0) is 32.6 Å². The van der Waals surface area contributed by atoms with E-state index < -0.39 is 0 Å². The van der Waals surface area contributed by atoms with E-state index in [1.54, 1.807) is 7.11 Å². The molecule has 2 nitrogen and oxygen atoms in total. The zero-order valence-electron chi connectivity index (χ0n) is 7.72. The van der Waals surface area contributed by atoms with Gasteiger partial charge in [-0.15, -0.1) is 0 Å². The van der Waals surface area contributed by atoms with Gasteiger partial charge in [0.05, 0.1) is 5.60 Å². The largest absolute Gasteiger partial charge is 0.381 e. The van der Waals surface area contributed by atoms with Crippen molar-refractivity contribution in [2.24, 2.45) is 5.92 Å². The third kappa shape index (κ3) is 2.80. The lowest BCUT2D eigenvalue weighted by Crippen LogP contribution is -2.26. The van der Waals surface area contributed by atoms with Crippen LogP contribution in [0.4, 0.5) is 0 Å². The Morgan fingerprint density at radius 2 is 2.27 bits per heavy atom. The van der Waals surface area contributed by atoms with Gasteiger partial charge in [0.1, 0.15) is 0 Å². The molecule has 0 N–H and O–H groups in total. The van der Waals surface area contributed by atoms with E-state index >= 15 is 0 Å². The fourth-order valence-electron chi connectivity index (χ4n) is 1.52. The lowest BCUT2D eigenvalue weighted by molar-refractivity contribution is 0.000815. The minimum atomic E-state index is 0.0262. The Hall–Kier alpha value is -0.0800. The van der Waals surface area contributed by atoms with Crippen molar-refractivity contribution in [1.29, 1.82) is 0 Å². The van der Waals surface area contributed by atoms with Gasteiger partial charge in [0.15, 0.2) is 0 Å². The minimum Gasteiger partial charge on any atom is -0.381 e. The summed E-state index contributed by atoms with van der Waals surface area (Å²) < 4.78 is 10.6. The fourth-order valence-corrected chi connectivity index (χ4v) is 1.52. The zero-order valence-corrected chi connectivity index (χ0v) is 7.72. The second kappa shape index (κ2) is 3.55. The van der Waals surface area contributed by atoms with Gasteiger partial charge in [-0.25, -0.2) is 0 Å². The monoisotopic (exact) mass is 158 g/mol. The van der Waals surface area contributed by atoms with Crippen LogP contribution in [0.1, 0.15) is 26.7 Å². The molecule has 0 aliphatic carbocycles. The molecule has 1 unspecified atom stereocenters. The molecule has 0 spiro atoms.